The molecule has 94 valence electrons. The molecule has 0 radical (unpaired) electrons. The van der Waals surface area contributed by atoms with E-state index in [-0.39, 0.29) is 0 Å². The quantitative estimate of drug-likeness (QED) is 0.731. The molecule has 0 unspecified atom stereocenters. The van der Waals surface area contributed by atoms with Crippen LogP contribution in [0.4, 0.5) is 5.69 Å². The molecule has 0 aliphatic rings. The van der Waals surface area contributed by atoms with E-state index in [1.54, 1.807) is 6.07 Å². The maximum atomic E-state index is 5.82. The molecule has 0 amide bonds. The molecule has 0 bridgehead atoms. The van der Waals surface area contributed by atoms with Crippen molar-refractivity contribution in [3.05, 3.63) is 55.7 Å². The summed E-state index contributed by atoms with van der Waals surface area (Å²) < 4.78 is 2.10. The van der Waals surface area contributed by atoms with Gasteiger partial charge in [0.15, 0.2) is 0 Å². The van der Waals surface area contributed by atoms with Crippen LogP contribution in [0.15, 0.2) is 39.3 Å². The Balaban J connectivity index is 2.09. The number of rotatable bonds is 3. The smallest absolute Gasteiger partial charge is 0.129 e. The van der Waals surface area contributed by atoms with Crippen LogP contribution < -0.4 is 5.32 Å². The second kappa shape index (κ2) is 6.04. The first-order chi connectivity index (χ1) is 8.56. The van der Waals surface area contributed by atoms with Crippen LogP contribution >= 0.6 is 43.5 Å². The van der Waals surface area contributed by atoms with Gasteiger partial charge in [0, 0.05) is 15.5 Å². The number of nitrogens with one attached hydrogen (secondary N) is 1. The number of aryl methyl sites for hydroxylation is 1. The molecule has 2 nitrogen and oxygen atoms in total. The highest BCUT2D eigenvalue weighted by Gasteiger charge is 2.02. The third kappa shape index (κ3) is 3.46. The lowest BCUT2D eigenvalue weighted by Crippen LogP contribution is -2.02. The third-order valence-electron chi connectivity index (χ3n) is 2.52. The molecule has 0 saturated carbocycles. The summed E-state index contributed by atoms with van der Waals surface area (Å²) in [7, 11) is 0. The van der Waals surface area contributed by atoms with Crippen molar-refractivity contribution in [1.29, 1.82) is 0 Å². The van der Waals surface area contributed by atoms with Gasteiger partial charge in [-0.2, -0.15) is 0 Å². The van der Waals surface area contributed by atoms with Crippen molar-refractivity contribution in [3.63, 3.8) is 0 Å². The molecule has 0 aliphatic carbocycles. The Morgan fingerprint density at radius 3 is 2.61 bits per heavy atom. The van der Waals surface area contributed by atoms with Gasteiger partial charge in [-0.05, 0) is 68.6 Å². The SMILES string of the molecule is Cc1nc(Cl)ccc1NCc1ccc(Br)c(Br)c1. The molecule has 1 aromatic carbocycles. The van der Waals surface area contributed by atoms with Crippen LogP contribution in [-0.4, -0.2) is 4.98 Å². The van der Waals surface area contributed by atoms with Gasteiger partial charge < -0.3 is 5.32 Å². The molecule has 2 aromatic rings. The van der Waals surface area contributed by atoms with Crippen molar-refractivity contribution in [2.24, 2.45) is 0 Å². The minimum absolute atomic E-state index is 0.518. The first kappa shape index (κ1) is 13.8. The summed E-state index contributed by atoms with van der Waals surface area (Å²) in [6, 6.07) is 9.90. The number of hydrogen-bond donors (Lipinski definition) is 1. The number of anilines is 1. The van der Waals surface area contributed by atoms with E-state index < -0.39 is 0 Å². The number of aromatic nitrogens is 1. The van der Waals surface area contributed by atoms with E-state index in [9.17, 15) is 0 Å². The Hall–Kier alpha value is -0.580. The van der Waals surface area contributed by atoms with E-state index >= 15 is 0 Å². The normalized spacial score (nSPS) is 10.4. The first-order valence-electron chi connectivity index (χ1n) is 5.37. The van der Waals surface area contributed by atoms with Crippen LogP contribution in [0.5, 0.6) is 0 Å². The highest BCUT2D eigenvalue weighted by atomic mass is 79.9. The zero-order valence-corrected chi connectivity index (χ0v) is 13.6. The summed E-state index contributed by atoms with van der Waals surface area (Å²) >= 11 is 12.8. The van der Waals surface area contributed by atoms with Gasteiger partial charge in [-0.25, -0.2) is 4.98 Å². The highest BCUT2D eigenvalue weighted by molar-refractivity contribution is 9.13. The number of nitrogens with zero attached hydrogens (tertiary/aromatic N) is 1. The van der Waals surface area contributed by atoms with Gasteiger partial charge in [0.1, 0.15) is 5.15 Å². The maximum absolute atomic E-state index is 5.82. The van der Waals surface area contributed by atoms with Crippen LogP contribution in [0.1, 0.15) is 11.3 Å². The van der Waals surface area contributed by atoms with Crippen molar-refractivity contribution < 1.29 is 0 Å². The van der Waals surface area contributed by atoms with Gasteiger partial charge in [0.05, 0.1) is 11.4 Å². The van der Waals surface area contributed by atoms with Crippen molar-refractivity contribution >= 4 is 49.1 Å². The summed E-state index contributed by atoms with van der Waals surface area (Å²) in [6.45, 7) is 2.68. The monoisotopic (exact) mass is 388 g/mol. The molecule has 18 heavy (non-hydrogen) atoms. The highest BCUT2D eigenvalue weighted by Crippen LogP contribution is 2.24. The Bertz CT molecular complexity index is 573. The molecule has 2 rings (SSSR count). The number of benzene rings is 1. The average molecular weight is 391 g/mol. The Morgan fingerprint density at radius 2 is 1.94 bits per heavy atom. The second-order valence-electron chi connectivity index (χ2n) is 3.87. The van der Waals surface area contributed by atoms with Gasteiger partial charge >= 0.3 is 0 Å². The minimum atomic E-state index is 0.518. The minimum Gasteiger partial charge on any atom is -0.379 e. The van der Waals surface area contributed by atoms with Crippen LogP contribution in [0.3, 0.4) is 0 Å². The van der Waals surface area contributed by atoms with E-state index in [0.29, 0.717) is 5.15 Å². The van der Waals surface area contributed by atoms with Crippen molar-refractivity contribution in [1.82, 2.24) is 4.98 Å². The van der Waals surface area contributed by atoms with Gasteiger partial charge in [-0.1, -0.05) is 17.7 Å². The molecular formula is C13H11Br2ClN2. The van der Waals surface area contributed by atoms with E-state index in [0.717, 1.165) is 26.9 Å². The molecule has 1 aromatic heterocycles. The summed E-state index contributed by atoms with van der Waals surface area (Å²) in [5.74, 6) is 0. The third-order valence-corrected chi connectivity index (χ3v) is 4.61. The fourth-order valence-electron chi connectivity index (χ4n) is 1.56. The Kier molecular flexibility index (Phi) is 4.65. The lowest BCUT2D eigenvalue weighted by Gasteiger charge is -2.09. The van der Waals surface area contributed by atoms with Crippen molar-refractivity contribution in [2.45, 2.75) is 13.5 Å². The standard InChI is InChI=1S/C13H11Br2ClN2/c1-8-12(4-5-13(16)18-8)17-7-9-2-3-10(14)11(15)6-9/h2-6,17H,7H2,1H3. The summed E-state index contributed by atoms with van der Waals surface area (Å²) in [5, 5.41) is 3.86. The van der Waals surface area contributed by atoms with Crippen molar-refractivity contribution in [2.75, 3.05) is 5.32 Å². The predicted molar refractivity (Wildman–Crippen MR) is 83.2 cm³/mol. The predicted octanol–water partition coefficient (Wildman–Crippen LogP) is 5.18. The molecular weight excluding hydrogens is 379 g/mol. The molecule has 0 spiro atoms. The maximum Gasteiger partial charge on any atom is 0.129 e. The van der Waals surface area contributed by atoms with Crippen LogP contribution in [0, 0.1) is 6.92 Å². The molecule has 5 heteroatoms. The van der Waals surface area contributed by atoms with Crippen LogP contribution in [0.25, 0.3) is 0 Å². The van der Waals surface area contributed by atoms with E-state index in [2.05, 4.69) is 54.3 Å². The molecule has 0 saturated heterocycles. The van der Waals surface area contributed by atoms with Gasteiger partial charge in [-0.3, -0.25) is 0 Å². The number of halogens is 3. The second-order valence-corrected chi connectivity index (χ2v) is 5.96. The zero-order chi connectivity index (χ0) is 13.1. The molecule has 0 aliphatic heterocycles. The fourth-order valence-corrected chi connectivity index (χ4v) is 2.43. The Morgan fingerprint density at radius 1 is 1.17 bits per heavy atom. The molecule has 1 N–H and O–H groups in total. The van der Waals surface area contributed by atoms with E-state index in [1.165, 1.54) is 5.56 Å². The van der Waals surface area contributed by atoms with Gasteiger partial charge in [0.25, 0.3) is 0 Å². The average Bonchev–Trinajstić information content (AvgIpc) is 2.32. The fraction of sp³-hybridized carbons (Fsp3) is 0.154. The Labute approximate surface area is 128 Å². The molecule has 0 atom stereocenters. The largest absolute Gasteiger partial charge is 0.379 e. The lowest BCUT2D eigenvalue weighted by molar-refractivity contribution is 1.10. The van der Waals surface area contributed by atoms with E-state index in [4.69, 9.17) is 11.6 Å². The summed E-state index contributed by atoms with van der Waals surface area (Å²) in [5.41, 5.74) is 3.09. The van der Waals surface area contributed by atoms with Gasteiger partial charge in [0.2, 0.25) is 0 Å². The van der Waals surface area contributed by atoms with E-state index in [1.807, 2.05) is 19.1 Å². The molecule has 0 fully saturated rings. The summed E-state index contributed by atoms with van der Waals surface area (Å²) in [6.07, 6.45) is 0. The van der Waals surface area contributed by atoms with Gasteiger partial charge in [-0.15, -0.1) is 0 Å². The zero-order valence-electron chi connectivity index (χ0n) is 9.67. The number of hydrogen-bond acceptors (Lipinski definition) is 2. The molecule has 1 heterocycles. The lowest BCUT2D eigenvalue weighted by atomic mass is 10.2. The first-order valence-corrected chi connectivity index (χ1v) is 7.33. The van der Waals surface area contributed by atoms with Crippen LogP contribution in [0.2, 0.25) is 5.15 Å². The summed E-state index contributed by atoms with van der Waals surface area (Å²) in [4.78, 5) is 4.20. The van der Waals surface area contributed by atoms with Crippen LogP contribution in [-0.2, 0) is 6.54 Å². The number of pyridine rings is 1. The topological polar surface area (TPSA) is 24.9 Å². The van der Waals surface area contributed by atoms with Crippen molar-refractivity contribution in [3.8, 4) is 0 Å².